The third kappa shape index (κ3) is 10.7. The zero-order chi connectivity index (χ0) is 32.7. The van der Waals surface area contributed by atoms with Gasteiger partial charge in [0, 0.05) is 31.5 Å². The van der Waals surface area contributed by atoms with Crippen molar-refractivity contribution in [2.24, 2.45) is 5.92 Å². The molecule has 1 saturated heterocycles. The first-order chi connectivity index (χ1) is 20.6. The van der Waals surface area contributed by atoms with Crippen molar-refractivity contribution >= 4 is 23.1 Å². The standard InChI is InChI=1S/C13H20F3N3O2.C10H11N3.C5H8F2N2O/c1-8(2)19-11(5-6-18-19)12(20)17-7-9(3)21-10(4)13(14,15)16;1-2-7(1)5-8-3-4-9-10(13-8)12-6-11-9;1-9-3-5(6,7)2-8-4(9)10/h5-6,8-10H,7H2,1-4H3,(H,17,20);3-4,6-7H,1-2,5H2,(H,11,12,13);2-3H2,1H3,(H,8,10)/t9-,10?;;/m1../s1. The zero-order valence-electron chi connectivity index (χ0n) is 25.3. The van der Waals surface area contributed by atoms with E-state index in [0.717, 1.165) is 35.3 Å². The number of alkyl halides is 5. The number of rotatable bonds is 8. The van der Waals surface area contributed by atoms with E-state index in [9.17, 15) is 31.5 Å². The van der Waals surface area contributed by atoms with Crippen LogP contribution in [0.5, 0.6) is 0 Å². The van der Waals surface area contributed by atoms with Gasteiger partial charge in [-0.1, -0.05) is 0 Å². The molecule has 16 heteroatoms. The second-order valence-corrected chi connectivity index (χ2v) is 11.2. The van der Waals surface area contributed by atoms with Gasteiger partial charge in [-0.3, -0.25) is 9.48 Å². The largest absolute Gasteiger partial charge is 0.414 e. The Bertz CT molecular complexity index is 1370. The molecule has 0 aromatic carbocycles. The smallest absolute Gasteiger partial charge is 0.364 e. The molecule has 44 heavy (non-hydrogen) atoms. The normalized spacial score (nSPS) is 17.6. The van der Waals surface area contributed by atoms with Crippen molar-refractivity contribution in [1.82, 2.24) is 40.3 Å². The van der Waals surface area contributed by atoms with E-state index in [4.69, 9.17) is 4.74 Å². The minimum absolute atomic E-state index is 0.0114. The average Bonchev–Trinajstić information content (AvgIpc) is 3.40. The van der Waals surface area contributed by atoms with E-state index in [-0.39, 0.29) is 12.6 Å². The lowest BCUT2D eigenvalue weighted by Gasteiger charge is -2.29. The molecule has 0 radical (unpaired) electrons. The summed E-state index contributed by atoms with van der Waals surface area (Å²) in [6, 6.07) is 5.29. The number of halogens is 5. The molecule has 1 aliphatic carbocycles. The minimum atomic E-state index is -4.41. The number of pyridine rings is 1. The fourth-order valence-corrected chi connectivity index (χ4v) is 4.11. The molecule has 3 amide bonds. The predicted molar refractivity (Wildman–Crippen MR) is 152 cm³/mol. The molecule has 11 nitrogen and oxygen atoms in total. The molecule has 4 heterocycles. The van der Waals surface area contributed by atoms with Gasteiger partial charge in [0.15, 0.2) is 11.8 Å². The lowest BCUT2D eigenvalue weighted by molar-refractivity contribution is -0.224. The van der Waals surface area contributed by atoms with Crippen LogP contribution >= 0.6 is 0 Å². The van der Waals surface area contributed by atoms with Crippen LogP contribution in [0.15, 0.2) is 30.7 Å². The molecule has 1 saturated carbocycles. The SMILES string of the molecule is CC(C)n1nccc1C(=O)NC[C@@H](C)OC(C)C(F)(F)F.CN1CC(F)(F)CNC1=O.c1nc2nc(CC3CC3)ccc2[nH]1. The molecule has 5 rings (SSSR count). The Morgan fingerprint density at radius 1 is 1.18 bits per heavy atom. The molecule has 2 atom stereocenters. The van der Waals surface area contributed by atoms with E-state index in [1.165, 1.54) is 38.7 Å². The predicted octanol–water partition coefficient (Wildman–Crippen LogP) is 4.74. The van der Waals surface area contributed by atoms with Gasteiger partial charge in [0.1, 0.15) is 5.69 Å². The van der Waals surface area contributed by atoms with Crippen molar-refractivity contribution in [3.63, 3.8) is 0 Å². The number of aromatic nitrogens is 5. The molecule has 244 valence electrons. The van der Waals surface area contributed by atoms with E-state index in [0.29, 0.717) is 5.69 Å². The Kier molecular flexibility index (Phi) is 11.6. The summed E-state index contributed by atoms with van der Waals surface area (Å²) < 4.78 is 68.1. The van der Waals surface area contributed by atoms with Gasteiger partial charge in [0.25, 0.3) is 11.8 Å². The van der Waals surface area contributed by atoms with Crippen LogP contribution in [0.3, 0.4) is 0 Å². The number of imidazole rings is 1. The van der Waals surface area contributed by atoms with E-state index in [1.54, 1.807) is 17.1 Å². The van der Waals surface area contributed by atoms with Crippen LogP contribution in [-0.4, -0.2) is 92.6 Å². The van der Waals surface area contributed by atoms with Gasteiger partial charge in [-0.25, -0.2) is 23.5 Å². The van der Waals surface area contributed by atoms with Gasteiger partial charge in [-0.2, -0.15) is 18.3 Å². The Labute approximate surface area is 251 Å². The van der Waals surface area contributed by atoms with Crippen molar-refractivity contribution in [1.29, 1.82) is 0 Å². The third-order valence-corrected chi connectivity index (χ3v) is 6.69. The molecule has 2 aliphatic rings. The van der Waals surface area contributed by atoms with Crippen molar-refractivity contribution in [2.75, 3.05) is 26.7 Å². The first-order valence-corrected chi connectivity index (χ1v) is 14.3. The van der Waals surface area contributed by atoms with Crippen molar-refractivity contribution < 1.29 is 36.3 Å². The van der Waals surface area contributed by atoms with Gasteiger partial charge in [0.2, 0.25) is 0 Å². The van der Waals surface area contributed by atoms with Gasteiger partial charge < -0.3 is 25.3 Å². The molecule has 3 aromatic heterocycles. The zero-order valence-corrected chi connectivity index (χ0v) is 25.3. The van der Waals surface area contributed by atoms with Gasteiger partial charge in [-0.15, -0.1) is 0 Å². The van der Waals surface area contributed by atoms with E-state index in [2.05, 4.69) is 42.8 Å². The highest BCUT2D eigenvalue weighted by molar-refractivity contribution is 5.92. The lowest BCUT2D eigenvalue weighted by Crippen LogP contribution is -2.55. The van der Waals surface area contributed by atoms with Crippen LogP contribution in [0.4, 0.5) is 26.7 Å². The van der Waals surface area contributed by atoms with Crippen LogP contribution in [0.25, 0.3) is 11.2 Å². The highest BCUT2D eigenvalue weighted by Gasteiger charge is 2.38. The number of carbonyl (C=O) groups is 2. The second-order valence-electron chi connectivity index (χ2n) is 11.2. The minimum Gasteiger partial charge on any atom is -0.364 e. The number of amides is 3. The monoisotopic (exact) mass is 630 g/mol. The Morgan fingerprint density at radius 2 is 1.89 bits per heavy atom. The summed E-state index contributed by atoms with van der Waals surface area (Å²) in [4.78, 5) is 35.1. The number of aromatic amines is 1. The molecule has 0 spiro atoms. The maximum Gasteiger partial charge on any atom is 0.414 e. The molecule has 2 fully saturated rings. The number of fused-ring (bicyclic) bond motifs is 1. The fraction of sp³-hybridized carbons (Fsp3) is 0.607. The van der Waals surface area contributed by atoms with Crippen molar-refractivity contribution in [3.8, 4) is 0 Å². The number of ether oxygens (including phenoxy) is 1. The highest BCUT2D eigenvalue weighted by atomic mass is 19.4. The third-order valence-electron chi connectivity index (χ3n) is 6.69. The Hall–Kier alpha value is -3.82. The van der Waals surface area contributed by atoms with Crippen LogP contribution in [0, 0.1) is 5.92 Å². The number of urea groups is 1. The molecule has 0 bridgehead atoms. The van der Waals surface area contributed by atoms with Crippen LogP contribution in [0.1, 0.15) is 62.8 Å². The van der Waals surface area contributed by atoms with Crippen molar-refractivity contribution in [2.45, 2.75) is 77.3 Å². The summed E-state index contributed by atoms with van der Waals surface area (Å²) in [5.41, 5.74) is 3.42. The molecule has 1 aliphatic heterocycles. The summed E-state index contributed by atoms with van der Waals surface area (Å²) in [7, 11) is 1.34. The number of nitrogens with zero attached hydrogens (tertiary/aromatic N) is 5. The summed E-state index contributed by atoms with van der Waals surface area (Å²) in [6.45, 7) is 5.12. The number of carbonyl (C=O) groups excluding carboxylic acids is 2. The molecular weight excluding hydrogens is 591 g/mol. The first kappa shape index (κ1) is 34.7. The summed E-state index contributed by atoms with van der Waals surface area (Å²) in [5.74, 6) is -2.27. The first-order valence-electron chi connectivity index (χ1n) is 14.3. The summed E-state index contributed by atoms with van der Waals surface area (Å²) >= 11 is 0. The maximum atomic E-state index is 12.4. The van der Waals surface area contributed by atoms with Crippen molar-refractivity contribution in [3.05, 3.63) is 42.1 Å². The molecule has 1 unspecified atom stereocenters. The number of nitrogens with one attached hydrogen (secondary N) is 3. The molecule has 3 aromatic rings. The summed E-state index contributed by atoms with van der Waals surface area (Å²) in [5, 5.41) is 8.62. The Balaban J connectivity index is 0.000000194. The van der Waals surface area contributed by atoms with E-state index in [1.807, 2.05) is 13.8 Å². The number of hydrogen-bond donors (Lipinski definition) is 3. The summed E-state index contributed by atoms with van der Waals surface area (Å²) in [6.07, 6.45) is 0.0448. The van der Waals surface area contributed by atoms with Gasteiger partial charge in [0.05, 0.1) is 31.0 Å². The average molecular weight is 631 g/mol. The van der Waals surface area contributed by atoms with E-state index >= 15 is 0 Å². The number of H-pyrrole nitrogens is 1. The maximum absolute atomic E-state index is 12.4. The van der Waals surface area contributed by atoms with Gasteiger partial charge >= 0.3 is 12.2 Å². The number of hydrogen-bond acceptors (Lipinski definition) is 6. The van der Waals surface area contributed by atoms with Gasteiger partial charge in [-0.05, 0) is 71.1 Å². The van der Waals surface area contributed by atoms with Crippen LogP contribution in [0.2, 0.25) is 0 Å². The molecule has 3 N–H and O–H groups in total. The fourth-order valence-electron chi connectivity index (χ4n) is 4.11. The van der Waals surface area contributed by atoms with Crippen LogP contribution in [-0.2, 0) is 11.2 Å². The second kappa shape index (κ2) is 14.8. The van der Waals surface area contributed by atoms with Crippen LogP contribution < -0.4 is 10.6 Å². The highest BCUT2D eigenvalue weighted by Crippen LogP contribution is 2.32. The topological polar surface area (TPSA) is 130 Å². The quantitative estimate of drug-likeness (QED) is 0.309. The Morgan fingerprint density at radius 3 is 2.48 bits per heavy atom. The van der Waals surface area contributed by atoms with E-state index < -0.39 is 49.3 Å². The lowest BCUT2D eigenvalue weighted by atomic mass is 10.2. The molecular formula is C28H39F5N8O3.